The van der Waals surface area contributed by atoms with Gasteiger partial charge in [-0.3, -0.25) is 0 Å². The van der Waals surface area contributed by atoms with Gasteiger partial charge in [0.05, 0.1) is 4.88 Å². The highest BCUT2D eigenvalue weighted by Crippen LogP contribution is 2.29. The molecule has 0 bridgehead atoms. The highest BCUT2D eigenvalue weighted by Gasteiger charge is 2.06. The molecule has 68 valence electrons. The van der Waals surface area contributed by atoms with Gasteiger partial charge in [0.15, 0.2) is 5.95 Å². The molecule has 5 heteroatoms. The molecule has 0 saturated carbocycles. The first-order valence-electron chi connectivity index (χ1n) is 3.70. The molecule has 0 saturated heterocycles. The Labute approximate surface area is 88.3 Å². The quantitative estimate of drug-likeness (QED) is 0.854. The average molecular weight is 258 g/mol. The van der Waals surface area contributed by atoms with Gasteiger partial charge in [0.2, 0.25) is 0 Å². The Balaban J connectivity index is 2.46. The van der Waals surface area contributed by atoms with E-state index >= 15 is 0 Å². The van der Waals surface area contributed by atoms with Crippen molar-refractivity contribution in [2.24, 2.45) is 7.05 Å². The van der Waals surface area contributed by atoms with E-state index in [1.807, 2.05) is 29.3 Å². The Morgan fingerprint density at radius 3 is 2.85 bits per heavy atom. The molecular formula is C8H8BrN3S. The van der Waals surface area contributed by atoms with Gasteiger partial charge >= 0.3 is 0 Å². The molecular weight excluding hydrogens is 250 g/mol. The van der Waals surface area contributed by atoms with E-state index in [4.69, 9.17) is 5.73 Å². The number of hydrogen-bond donors (Lipinski definition) is 1. The summed E-state index contributed by atoms with van der Waals surface area (Å²) in [5.41, 5.74) is 6.56. The maximum atomic E-state index is 5.63. The SMILES string of the molecule is Cn1cc(-c2cc(Br)cs2)nc1N. The number of thiophene rings is 1. The van der Waals surface area contributed by atoms with E-state index in [0.717, 1.165) is 15.0 Å². The predicted molar refractivity (Wildman–Crippen MR) is 58.6 cm³/mol. The van der Waals surface area contributed by atoms with Crippen LogP contribution in [0.25, 0.3) is 10.6 Å². The molecule has 0 aliphatic carbocycles. The first-order chi connectivity index (χ1) is 6.16. The third-order valence-electron chi connectivity index (χ3n) is 1.73. The van der Waals surface area contributed by atoms with Crippen LogP contribution in [0.3, 0.4) is 0 Å². The molecule has 2 aromatic heterocycles. The fourth-order valence-corrected chi connectivity index (χ4v) is 2.43. The molecule has 13 heavy (non-hydrogen) atoms. The number of rotatable bonds is 1. The number of nitrogens with zero attached hydrogens (tertiary/aromatic N) is 2. The summed E-state index contributed by atoms with van der Waals surface area (Å²) in [6.45, 7) is 0. The van der Waals surface area contributed by atoms with Crippen molar-refractivity contribution < 1.29 is 0 Å². The van der Waals surface area contributed by atoms with Crippen molar-refractivity contribution in [3.8, 4) is 10.6 Å². The van der Waals surface area contributed by atoms with E-state index in [1.54, 1.807) is 11.3 Å². The zero-order valence-corrected chi connectivity index (χ0v) is 9.39. The normalized spacial score (nSPS) is 10.6. The van der Waals surface area contributed by atoms with E-state index in [0.29, 0.717) is 5.95 Å². The maximum Gasteiger partial charge on any atom is 0.200 e. The van der Waals surface area contributed by atoms with Gasteiger partial charge in [0.25, 0.3) is 0 Å². The first kappa shape index (κ1) is 8.77. The second kappa shape index (κ2) is 3.16. The number of nitrogens with two attached hydrogens (primary N) is 1. The standard InChI is InChI=1S/C8H8BrN3S/c1-12-3-6(11-8(12)10)7-2-5(9)4-13-7/h2-4H,1H3,(H2,10,11). The van der Waals surface area contributed by atoms with Crippen LogP contribution in [0.15, 0.2) is 22.1 Å². The second-order valence-electron chi connectivity index (χ2n) is 2.72. The van der Waals surface area contributed by atoms with Gasteiger partial charge in [-0.05, 0) is 22.0 Å². The number of imidazole rings is 1. The number of anilines is 1. The Bertz CT molecular complexity index is 413. The minimum absolute atomic E-state index is 0.541. The van der Waals surface area contributed by atoms with Crippen molar-refractivity contribution in [1.29, 1.82) is 0 Å². The molecule has 0 fully saturated rings. The van der Waals surface area contributed by atoms with Crippen LogP contribution in [-0.2, 0) is 7.05 Å². The minimum atomic E-state index is 0.541. The Morgan fingerprint density at radius 2 is 2.38 bits per heavy atom. The van der Waals surface area contributed by atoms with Crippen molar-refractivity contribution in [2.45, 2.75) is 0 Å². The summed E-state index contributed by atoms with van der Waals surface area (Å²) in [5.74, 6) is 0.541. The summed E-state index contributed by atoms with van der Waals surface area (Å²) in [4.78, 5) is 5.35. The van der Waals surface area contributed by atoms with E-state index in [-0.39, 0.29) is 0 Å². The first-order valence-corrected chi connectivity index (χ1v) is 5.37. The fourth-order valence-electron chi connectivity index (χ4n) is 1.05. The molecule has 0 aliphatic rings. The number of aryl methyl sites for hydroxylation is 1. The number of halogens is 1. The van der Waals surface area contributed by atoms with Crippen LogP contribution in [-0.4, -0.2) is 9.55 Å². The van der Waals surface area contributed by atoms with Crippen LogP contribution >= 0.6 is 27.3 Å². The summed E-state index contributed by atoms with van der Waals surface area (Å²) in [6.07, 6.45) is 1.92. The molecule has 2 N–H and O–H groups in total. The van der Waals surface area contributed by atoms with Crippen molar-refractivity contribution in [2.75, 3.05) is 5.73 Å². The highest BCUT2D eigenvalue weighted by molar-refractivity contribution is 9.10. The molecule has 0 aromatic carbocycles. The third-order valence-corrected chi connectivity index (χ3v) is 3.45. The van der Waals surface area contributed by atoms with Crippen LogP contribution in [0.2, 0.25) is 0 Å². The van der Waals surface area contributed by atoms with Crippen LogP contribution in [0.1, 0.15) is 0 Å². The third kappa shape index (κ3) is 1.62. The monoisotopic (exact) mass is 257 g/mol. The van der Waals surface area contributed by atoms with Gasteiger partial charge in [-0.15, -0.1) is 11.3 Å². The summed E-state index contributed by atoms with van der Waals surface area (Å²) in [7, 11) is 1.88. The van der Waals surface area contributed by atoms with Gasteiger partial charge in [-0.1, -0.05) is 0 Å². The van der Waals surface area contributed by atoms with Crippen LogP contribution in [0, 0.1) is 0 Å². The van der Waals surface area contributed by atoms with E-state index in [9.17, 15) is 0 Å². The highest BCUT2D eigenvalue weighted by atomic mass is 79.9. The maximum absolute atomic E-state index is 5.63. The van der Waals surface area contributed by atoms with Crippen LogP contribution in [0.5, 0.6) is 0 Å². The summed E-state index contributed by atoms with van der Waals surface area (Å²) >= 11 is 5.05. The smallest absolute Gasteiger partial charge is 0.200 e. The largest absolute Gasteiger partial charge is 0.369 e. The van der Waals surface area contributed by atoms with Crippen LogP contribution < -0.4 is 5.73 Å². The van der Waals surface area contributed by atoms with Crippen LogP contribution in [0.4, 0.5) is 5.95 Å². The van der Waals surface area contributed by atoms with E-state index < -0.39 is 0 Å². The van der Waals surface area contributed by atoms with Crippen molar-refractivity contribution >= 4 is 33.2 Å². The Hall–Kier alpha value is -0.810. The van der Waals surface area contributed by atoms with Gasteiger partial charge < -0.3 is 10.3 Å². The predicted octanol–water partition coefficient (Wildman–Crippen LogP) is 2.49. The van der Waals surface area contributed by atoms with Gasteiger partial charge in [-0.25, -0.2) is 4.98 Å². The molecule has 0 amide bonds. The Kier molecular flexibility index (Phi) is 2.13. The molecule has 2 rings (SSSR count). The molecule has 0 atom stereocenters. The molecule has 0 spiro atoms. The second-order valence-corrected chi connectivity index (χ2v) is 4.55. The summed E-state index contributed by atoms with van der Waals surface area (Å²) < 4.78 is 2.89. The van der Waals surface area contributed by atoms with Gasteiger partial charge in [0, 0.05) is 23.1 Å². The minimum Gasteiger partial charge on any atom is -0.369 e. The van der Waals surface area contributed by atoms with Crippen molar-refractivity contribution in [3.63, 3.8) is 0 Å². The Morgan fingerprint density at radius 1 is 1.62 bits per heavy atom. The topological polar surface area (TPSA) is 43.8 Å². The number of nitrogen functional groups attached to an aromatic ring is 1. The molecule has 2 heterocycles. The zero-order chi connectivity index (χ0) is 9.42. The molecule has 3 nitrogen and oxygen atoms in total. The lowest BCUT2D eigenvalue weighted by Crippen LogP contribution is -1.94. The van der Waals surface area contributed by atoms with Crippen molar-refractivity contribution in [3.05, 3.63) is 22.1 Å². The van der Waals surface area contributed by atoms with Crippen molar-refractivity contribution in [1.82, 2.24) is 9.55 Å². The lowest BCUT2D eigenvalue weighted by atomic mass is 10.4. The fraction of sp³-hybridized carbons (Fsp3) is 0.125. The summed E-state index contributed by atoms with van der Waals surface area (Å²) in [5, 5.41) is 2.03. The molecule has 2 aromatic rings. The van der Waals surface area contributed by atoms with E-state index in [1.165, 1.54) is 0 Å². The lowest BCUT2D eigenvalue weighted by molar-refractivity contribution is 0.930. The van der Waals surface area contributed by atoms with Gasteiger partial charge in [-0.2, -0.15) is 0 Å². The molecule has 0 aliphatic heterocycles. The number of hydrogen-bond acceptors (Lipinski definition) is 3. The lowest BCUT2D eigenvalue weighted by Gasteiger charge is -1.87. The average Bonchev–Trinajstić information content (AvgIpc) is 2.61. The molecule has 0 unspecified atom stereocenters. The van der Waals surface area contributed by atoms with Gasteiger partial charge in [0.1, 0.15) is 5.69 Å². The molecule has 0 radical (unpaired) electrons. The van der Waals surface area contributed by atoms with E-state index in [2.05, 4.69) is 20.9 Å². The summed E-state index contributed by atoms with van der Waals surface area (Å²) in [6, 6.07) is 2.03. The number of aromatic nitrogens is 2. The zero-order valence-electron chi connectivity index (χ0n) is 6.99.